The van der Waals surface area contributed by atoms with Crippen molar-refractivity contribution < 1.29 is 0 Å². The number of hydrogen-bond donors (Lipinski definition) is 4. The molecule has 0 spiro atoms. The quantitative estimate of drug-likeness (QED) is 0.184. The summed E-state index contributed by atoms with van der Waals surface area (Å²) in [7, 11) is 0. The Labute approximate surface area is 229 Å². The molecule has 0 aliphatic carbocycles. The van der Waals surface area contributed by atoms with Crippen molar-refractivity contribution in [2.24, 2.45) is 5.92 Å². The molecule has 4 N–H and O–H groups in total. The summed E-state index contributed by atoms with van der Waals surface area (Å²) in [6.07, 6.45) is 7.02. The number of nitrogens with zero attached hydrogens (tertiary/aromatic N) is 4. The minimum atomic E-state index is 0.672. The molecule has 8 nitrogen and oxygen atoms in total. The van der Waals surface area contributed by atoms with Crippen LogP contribution in [0.1, 0.15) is 19.3 Å². The van der Waals surface area contributed by atoms with Gasteiger partial charge in [-0.2, -0.15) is 16.4 Å². The standard InChI is InChI=1S/C30H28N8S/c1-18(13-19-7-10-31-11-8-19)33-22-14-21(15-32-16-22)24-5-6-26-28(34-24)29(38-37-26)30-35-25-4-2-3-23(27(25)36-30)20-9-12-39-17-20/h2-6,9,12,14-17,19,31,33H,1,7-8,10-11,13H2,(H,35,36)(H,37,38). The van der Waals surface area contributed by atoms with Gasteiger partial charge in [0.25, 0.3) is 0 Å². The zero-order valence-corrected chi connectivity index (χ0v) is 22.2. The highest BCUT2D eigenvalue weighted by Gasteiger charge is 2.18. The normalized spacial score (nSPS) is 14.3. The Kier molecular flexibility index (Phi) is 6.14. The van der Waals surface area contributed by atoms with Crippen molar-refractivity contribution in [3.05, 3.63) is 77.9 Å². The molecule has 1 aromatic carbocycles. The molecule has 39 heavy (non-hydrogen) atoms. The number of allylic oxidation sites excluding steroid dienone is 1. The van der Waals surface area contributed by atoms with Crippen LogP contribution in [0.3, 0.4) is 0 Å². The van der Waals surface area contributed by atoms with Crippen molar-refractivity contribution >= 4 is 39.1 Å². The van der Waals surface area contributed by atoms with E-state index in [4.69, 9.17) is 9.97 Å². The Bertz CT molecular complexity index is 1780. The summed E-state index contributed by atoms with van der Waals surface area (Å²) in [4.78, 5) is 17.9. The first-order valence-corrected chi connectivity index (χ1v) is 14.1. The number of benzene rings is 1. The van der Waals surface area contributed by atoms with Gasteiger partial charge in [-0.25, -0.2) is 9.97 Å². The van der Waals surface area contributed by atoms with Gasteiger partial charge in [0, 0.05) is 23.0 Å². The molecule has 1 fully saturated rings. The number of hydrogen-bond acceptors (Lipinski definition) is 7. The molecule has 9 heteroatoms. The predicted molar refractivity (Wildman–Crippen MR) is 158 cm³/mol. The molecule has 0 saturated carbocycles. The van der Waals surface area contributed by atoms with E-state index < -0.39 is 0 Å². The van der Waals surface area contributed by atoms with Gasteiger partial charge in [-0.15, -0.1) is 0 Å². The lowest BCUT2D eigenvalue weighted by Crippen LogP contribution is -2.28. The van der Waals surface area contributed by atoms with Crippen molar-refractivity contribution in [3.63, 3.8) is 0 Å². The Morgan fingerprint density at radius 2 is 1.92 bits per heavy atom. The molecule has 0 amide bonds. The van der Waals surface area contributed by atoms with Gasteiger partial charge < -0.3 is 15.6 Å². The first-order valence-electron chi connectivity index (χ1n) is 13.2. The number of rotatable bonds is 7. The van der Waals surface area contributed by atoms with Crippen LogP contribution in [-0.2, 0) is 0 Å². The fraction of sp³-hybridized carbons (Fsp3) is 0.200. The second-order valence-corrected chi connectivity index (χ2v) is 10.8. The SMILES string of the molecule is C=C(CC1CCNCC1)Nc1cncc(-c2ccc3[nH]nc(-c4nc5c(-c6ccsc6)cccc5[nH]4)c3n2)c1. The minimum Gasteiger partial charge on any atom is -0.358 e. The fourth-order valence-corrected chi connectivity index (χ4v) is 6.01. The van der Waals surface area contributed by atoms with E-state index in [1.807, 2.05) is 36.7 Å². The molecule has 0 radical (unpaired) electrons. The maximum Gasteiger partial charge on any atom is 0.161 e. The van der Waals surface area contributed by atoms with Gasteiger partial charge in [-0.1, -0.05) is 18.7 Å². The monoisotopic (exact) mass is 532 g/mol. The highest BCUT2D eigenvalue weighted by atomic mass is 32.1. The summed E-state index contributed by atoms with van der Waals surface area (Å²) in [5.41, 5.74) is 10.1. The lowest BCUT2D eigenvalue weighted by Gasteiger charge is -2.23. The van der Waals surface area contributed by atoms with E-state index in [-0.39, 0.29) is 0 Å². The number of anilines is 1. The number of imidazole rings is 1. The Balaban J connectivity index is 1.19. The maximum absolute atomic E-state index is 4.99. The van der Waals surface area contributed by atoms with Gasteiger partial charge in [0.1, 0.15) is 5.52 Å². The molecular formula is C30H28N8S. The van der Waals surface area contributed by atoms with Crippen LogP contribution in [-0.4, -0.2) is 43.2 Å². The van der Waals surface area contributed by atoms with Gasteiger partial charge in [0.15, 0.2) is 11.5 Å². The zero-order chi connectivity index (χ0) is 26.2. The average Bonchev–Trinajstić information content (AvgIpc) is 3.73. The molecule has 0 atom stereocenters. The third kappa shape index (κ3) is 4.71. The molecule has 7 rings (SSSR count). The molecule has 1 aliphatic rings. The summed E-state index contributed by atoms with van der Waals surface area (Å²) in [6.45, 7) is 6.44. The van der Waals surface area contributed by atoms with Gasteiger partial charge in [0.05, 0.1) is 34.1 Å². The minimum absolute atomic E-state index is 0.672. The summed E-state index contributed by atoms with van der Waals surface area (Å²) < 4.78 is 0. The molecule has 0 bridgehead atoms. The second-order valence-electron chi connectivity index (χ2n) is 10.1. The number of thiophene rings is 1. The van der Waals surface area contributed by atoms with E-state index in [9.17, 15) is 0 Å². The van der Waals surface area contributed by atoms with Crippen LogP contribution in [0.2, 0.25) is 0 Å². The van der Waals surface area contributed by atoms with Crippen LogP contribution < -0.4 is 10.6 Å². The van der Waals surface area contributed by atoms with Crippen LogP contribution >= 0.6 is 11.3 Å². The number of fused-ring (bicyclic) bond motifs is 2. The van der Waals surface area contributed by atoms with Gasteiger partial charge in [-0.05, 0) is 84.9 Å². The summed E-state index contributed by atoms with van der Waals surface area (Å²) in [5, 5.41) is 18.8. The Morgan fingerprint density at radius 3 is 2.79 bits per heavy atom. The highest BCUT2D eigenvalue weighted by Crippen LogP contribution is 2.33. The van der Waals surface area contributed by atoms with Crippen LogP contribution in [0, 0.1) is 5.92 Å². The zero-order valence-electron chi connectivity index (χ0n) is 21.4. The smallest absolute Gasteiger partial charge is 0.161 e. The maximum atomic E-state index is 4.99. The van der Waals surface area contributed by atoms with Crippen molar-refractivity contribution in [1.82, 2.24) is 35.5 Å². The van der Waals surface area contributed by atoms with Crippen LogP contribution in [0.25, 0.3) is 56.0 Å². The summed E-state index contributed by atoms with van der Waals surface area (Å²) >= 11 is 1.68. The molecule has 5 aromatic heterocycles. The van der Waals surface area contributed by atoms with E-state index in [0.29, 0.717) is 17.4 Å². The second kappa shape index (κ2) is 10.1. The molecule has 1 saturated heterocycles. The number of nitrogens with one attached hydrogen (secondary N) is 4. The molecule has 1 aliphatic heterocycles. The predicted octanol–water partition coefficient (Wildman–Crippen LogP) is 6.61. The van der Waals surface area contributed by atoms with E-state index in [2.05, 4.69) is 66.3 Å². The number of H-pyrrole nitrogens is 2. The highest BCUT2D eigenvalue weighted by molar-refractivity contribution is 7.08. The van der Waals surface area contributed by atoms with Crippen molar-refractivity contribution in [2.75, 3.05) is 18.4 Å². The molecule has 194 valence electrons. The number of para-hydroxylation sites is 1. The van der Waals surface area contributed by atoms with Crippen LogP contribution in [0.5, 0.6) is 0 Å². The Hall–Kier alpha value is -4.34. The van der Waals surface area contributed by atoms with Crippen molar-refractivity contribution in [2.45, 2.75) is 19.3 Å². The number of pyridine rings is 2. The van der Waals surface area contributed by atoms with E-state index >= 15 is 0 Å². The van der Waals surface area contributed by atoms with E-state index in [0.717, 1.165) is 75.3 Å². The van der Waals surface area contributed by atoms with Gasteiger partial charge in [0.2, 0.25) is 0 Å². The van der Waals surface area contributed by atoms with E-state index in [1.54, 1.807) is 11.3 Å². The summed E-state index contributed by atoms with van der Waals surface area (Å²) in [6, 6.07) is 14.4. The molecular weight excluding hydrogens is 504 g/mol. The topological polar surface area (TPSA) is 107 Å². The van der Waals surface area contributed by atoms with E-state index in [1.165, 1.54) is 12.8 Å². The third-order valence-electron chi connectivity index (χ3n) is 7.33. The third-order valence-corrected chi connectivity index (χ3v) is 8.01. The van der Waals surface area contributed by atoms with Crippen molar-refractivity contribution in [1.29, 1.82) is 0 Å². The van der Waals surface area contributed by atoms with Crippen LogP contribution in [0.4, 0.5) is 5.69 Å². The van der Waals surface area contributed by atoms with Crippen molar-refractivity contribution in [3.8, 4) is 33.9 Å². The molecule has 0 unspecified atom stereocenters. The number of aromatic nitrogens is 6. The number of piperidine rings is 1. The largest absolute Gasteiger partial charge is 0.358 e. The number of aromatic amines is 2. The van der Waals surface area contributed by atoms with Gasteiger partial charge >= 0.3 is 0 Å². The first-order chi connectivity index (χ1) is 19.2. The Morgan fingerprint density at radius 1 is 1.00 bits per heavy atom. The molecule has 6 heterocycles. The molecule has 6 aromatic rings. The summed E-state index contributed by atoms with van der Waals surface area (Å²) in [5.74, 6) is 1.36. The lowest BCUT2D eigenvalue weighted by molar-refractivity contribution is 0.373. The fourth-order valence-electron chi connectivity index (χ4n) is 5.36. The van der Waals surface area contributed by atoms with Gasteiger partial charge in [-0.3, -0.25) is 10.1 Å². The first kappa shape index (κ1) is 23.8. The van der Waals surface area contributed by atoms with Crippen LogP contribution in [0.15, 0.2) is 77.9 Å². The lowest BCUT2D eigenvalue weighted by atomic mass is 9.93. The average molecular weight is 533 g/mol.